The van der Waals surface area contributed by atoms with Crippen molar-refractivity contribution in [3.8, 4) is 0 Å². The molecule has 0 bridgehead atoms. The second-order valence-corrected chi connectivity index (χ2v) is 5.71. The molecule has 1 heterocycles. The van der Waals surface area contributed by atoms with Crippen LogP contribution >= 0.6 is 0 Å². The molecule has 0 aromatic rings. The third-order valence-electron chi connectivity index (χ3n) is 3.96. The quantitative estimate of drug-likeness (QED) is 0.561. The molecule has 0 aromatic heterocycles. The lowest BCUT2D eigenvalue weighted by Gasteiger charge is -2.36. The summed E-state index contributed by atoms with van der Waals surface area (Å²) in [5.41, 5.74) is 0. The Kier molecular flexibility index (Phi) is 8.62. The monoisotopic (exact) mass is 273 g/mol. The van der Waals surface area contributed by atoms with Crippen molar-refractivity contribution in [3.63, 3.8) is 0 Å². The number of rotatable bonds is 9. The first-order valence-corrected chi connectivity index (χ1v) is 7.88. The Balaban J connectivity index is 2.00. The van der Waals surface area contributed by atoms with E-state index in [4.69, 9.17) is 4.74 Å². The summed E-state index contributed by atoms with van der Waals surface area (Å²) < 4.78 is 5.67. The molecule has 0 radical (unpaired) electrons. The fraction of sp³-hybridized carbons (Fsp3) is 1.00. The van der Waals surface area contributed by atoms with Crippen LogP contribution in [0.25, 0.3) is 0 Å². The Morgan fingerprint density at radius 1 is 1.00 bits per heavy atom. The molecule has 0 amide bonds. The molecular formula is C15H31NO3. The Morgan fingerprint density at radius 3 is 2.32 bits per heavy atom. The van der Waals surface area contributed by atoms with Crippen LogP contribution in [0.15, 0.2) is 0 Å². The number of nitrogens with one attached hydrogen (secondary N) is 1. The second kappa shape index (κ2) is 9.70. The third-order valence-corrected chi connectivity index (χ3v) is 3.96. The van der Waals surface area contributed by atoms with E-state index in [1.165, 1.54) is 38.5 Å². The van der Waals surface area contributed by atoms with Gasteiger partial charge in [0.25, 0.3) is 0 Å². The number of aliphatic hydroxyl groups excluding tert-OH is 2. The summed E-state index contributed by atoms with van der Waals surface area (Å²) >= 11 is 0. The summed E-state index contributed by atoms with van der Waals surface area (Å²) in [7, 11) is 0. The molecule has 4 heteroatoms. The van der Waals surface area contributed by atoms with Gasteiger partial charge in [0.05, 0.1) is 12.2 Å². The molecule has 0 aromatic carbocycles. The molecule has 1 aliphatic rings. The smallest absolute Gasteiger partial charge is 0.109 e. The lowest BCUT2D eigenvalue weighted by molar-refractivity contribution is -0.117. The molecule has 4 atom stereocenters. The van der Waals surface area contributed by atoms with Crippen molar-refractivity contribution in [1.82, 2.24) is 5.32 Å². The van der Waals surface area contributed by atoms with Crippen LogP contribution in [0, 0.1) is 0 Å². The van der Waals surface area contributed by atoms with Gasteiger partial charge in [0.2, 0.25) is 0 Å². The van der Waals surface area contributed by atoms with E-state index in [1.807, 2.05) is 6.92 Å². The first-order chi connectivity index (χ1) is 9.16. The molecule has 114 valence electrons. The zero-order valence-corrected chi connectivity index (χ0v) is 12.5. The van der Waals surface area contributed by atoms with Crippen LogP contribution in [0.3, 0.4) is 0 Å². The Bertz CT molecular complexity index is 225. The predicted octanol–water partition coefficient (Wildman–Crippen LogP) is 1.84. The van der Waals surface area contributed by atoms with Crippen LogP contribution in [0.5, 0.6) is 0 Å². The van der Waals surface area contributed by atoms with E-state index in [-0.39, 0.29) is 12.1 Å². The van der Waals surface area contributed by atoms with E-state index in [0.29, 0.717) is 13.2 Å². The average molecular weight is 273 g/mol. The second-order valence-electron chi connectivity index (χ2n) is 5.71. The zero-order chi connectivity index (χ0) is 14.1. The van der Waals surface area contributed by atoms with E-state index >= 15 is 0 Å². The van der Waals surface area contributed by atoms with E-state index < -0.39 is 12.2 Å². The van der Waals surface area contributed by atoms with Gasteiger partial charge in [0.15, 0.2) is 0 Å². The first-order valence-electron chi connectivity index (χ1n) is 7.88. The molecule has 1 unspecified atom stereocenters. The number of ether oxygens (including phenoxy) is 1. The highest BCUT2D eigenvalue weighted by molar-refractivity contribution is 4.90. The molecule has 0 spiro atoms. The van der Waals surface area contributed by atoms with Gasteiger partial charge in [-0.1, -0.05) is 45.4 Å². The van der Waals surface area contributed by atoms with Crippen molar-refractivity contribution < 1.29 is 14.9 Å². The Hall–Kier alpha value is -0.160. The van der Waals surface area contributed by atoms with Gasteiger partial charge in [0, 0.05) is 19.2 Å². The summed E-state index contributed by atoms with van der Waals surface area (Å²) in [6.07, 6.45) is 7.03. The fourth-order valence-electron chi connectivity index (χ4n) is 2.51. The maximum absolute atomic E-state index is 9.89. The molecular weight excluding hydrogens is 242 g/mol. The van der Waals surface area contributed by atoms with E-state index in [9.17, 15) is 10.2 Å². The van der Waals surface area contributed by atoms with Crippen LogP contribution in [-0.4, -0.2) is 47.7 Å². The number of hydrogen-bond acceptors (Lipinski definition) is 4. The van der Waals surface area contributed by atoms with Crippen molar-refractivity contribution in [3.05, 3.63) is 0 Å². The normalized spacial score (nSPS) is 31.6. The van der Waals surface area contributed by atoms with Gasteiger partial charge in [-0.15, -0.1) is 0 Å². The summed E-state index contributed by atoms with van der Waals surface area (Å²) in [5, 5.41) is 22.8. The van der Waals surface area contributed by atoms with E-state index in [1.54, 1.807) is 0 Å². The highest BCUT2D eigenvalue weighted by Crippen LogP contribution is 2.14. The molecule has 1 aliphatic heterocycles. The fourth-order valence-corrected chi connectivity index (χ4v) is 2.51. The Morgan fingerprint density at radius 2 is 1.63 bits per heavy atom. The van der Waals surface area contributed by atoms with Gasteiger partial charge >= 0.3 is 0 Å². The highest BCUT2D eigenvalue weighted by atomic mass is 16.5. The maximum Gasteiger partial charge on any atom is 0.109 e. The molecule has 3 N–H and O–H groups in total. The lowest BCUT2D eigenvalue weighted by atomic mass is 9.97. The van der Waals surface area contributed by atoms with Crippen molar-refractivity contribution in [2.75, 3.05) is 13.2 Å². The van der Waals surface area contributed by atoms with Crippen LogP contribution in [0.4, 0.5) is 0 Å². The molecule has 0 saturated carbocycles. The molecule has 1 fully saturated rings. The first kappa shape index (κ1) is 16.9. The summed E-state index contributed by atoms with van der Waals surface area (Å²) in [6.45, 7) is 5.40. The maximum atomic E-state index is 9.89. The molecule has 1 rings (SSSR count). The minimum absolute atomic E-state index is 0.0617. The molecule has 4 nitrogen and oxygen atoms in total. The standard InChI is InChI=1S/C15H31NO3/c1-3-4-5-6-7-8-9-10-19-13-11-16-12(2)14(17)15(13)18/h12-18H,3-11H2,1-2H3/t12?,13-,14-,15+/m0/s1. The van der Waals surface area contributed by atoms with Gasteiger partial charge in [-0.25, -0.2) is 0 Å². The molecule has 0 aliphatic carbocycles. The minimum Gasteiger partial charge on any atom is -0.389 e. The van der Waals surface area contributed by atoms with Crippen molar-refractivity contribution in [2.45, 2.75) is 83.1 Å². The topological polar surface area (TPSA) is 61.7 Å². The number of aliphatic hydroxyl groups is 2. The molecule has 19 heavy (non-hydrogen) atoms. The highest BCUT2D eigenvalue weighted by Gasteiger charge is 2.35. The average Bonchev–Trinajstić information content (AvgIpc) is 2.41. The van der Waals surface area contributed by atoms with E-state index in [2.05, 4.69) is 12.2 Å². The van der Waals surface area contributed by atoms with Crippen molar-refractivity contribution in [1.29, 1.82) is 0 Å². The predicted molar refractivity (Wildman–Crippen MR) is 77.2 cm³/mol. The van der Waals surface area contributed by atoms with Crippen molar-refractivity contribution in [2.24, 2.45) is 0 Å². The van der Waals surface area contributed by atoms with Crippen molar-refractivity contribution >= 4 is 0 Å². The lowest BCUT2D eigenvalue weighted by Crippen LogP contribution is -2.59. The van der Waals surface area contributed by atoms with Gasteiger partial charge in [-0.2, -0.15) is 0 Å². The minimum atomic E-state index is -0.763. The SMILES string of the molecule is CCCCCCCCCO[C@H]1CNC(C)[C@H](O)[C@@H]1O. The van der Waals surface area contributed by atoms with Gasteiger partial charge in [-0.3, -0.25) is 0 Å². The van der Waals surface area contributed by atoms with Gasteiger partial charge in [0.1, 0.15) is 6.10 Å². The van der Waals surface area contributed by atoms with Crippen LogP contribution in [0.1, 0.15) is 58.8 Å². The number of unbranched alkanes of at least 4 members (excludes halogenated alkanes) is 6. The van der Waals surface area contributed by atoms with Crippen LogP contribution in [0.2, 0.25) is 0 Å². The van der Waals surface area contributed by atoms with Gasteiger partial charge in [-0.05, 0) is 13.3 Å². The third kappa shape index (κ3) is 6.21. The zero-order valence-electron chi connectivity index (χ0n) is 12.5. The van der Waals surface area contributed by atoms with Crippen LogP contribution in [-0.2, 0) is 4.74 Å². The summed E-state index contributed by atoms with van der Waals surface area (Å²) in [5.74, 6) is 0. The largest absolute Gasteiger partial charge is 0.389 e. The molecule has 1 saturated heterocycles. The van der Waals surface area contributed by atoms with E-state index in [0.717, 1.165) is 6.42 Å². The summed E-state index contributed by atoms with van der Waals surface area (Å²) in [4.78, 5) is 0. The number of piperidine rings is 1. The number of hydrogen-bond donors (Lipinski definition) is 3. The van der Waals surface area contributed by atoms with Gasteiger partial charge < -0.3 is 20.3 Å². The Labute approximate surface area is 117 Å². The summed E-state index contributed by atoms with van der Waals surface area (Å²) in [6, 6.07) is -0.0617. The van der Waals surface area contributed by atoms with Crippen LogP contribution < -0.4 is 5.32 Å².